The summed E-state index contributed by atoms with van der Waals surface area (Å²) < 4.78 is 11.3. The lowest BCUT2D eigenvalue weighted by atomic mass is 9.72. The second kappa shape index (κ2) is 14.8. The van der Waals surface area contributed by atoms with E-state index in [9.17, 15) is 9.59 Å². The number of esters is 1. The molecule has 1 heterocycles. The van der Waals surface area contributed by atoms with Crippen LogP contribution in [-0.2, 0) is 14.3 Å². The fourth-order valence-corrected chi connectivity index (χ4v) is 5.18. The molecule has 0 aliphatic carbocycles. The SMILES string of the molecule is CCC(C)c1ccc(-c2cc3ccc(OOB(C)NCOC(=O)C(CC(C)(C)C)C(C)(C)C)cc3oc2=O)c(C(C)CC)c1. The first-order valence-electron chi connectivity index (χ1n) is 16.0. The molecule has 0 saturated heterocycles. The standard InChI is InChI=1S/C36H52BNO6/c1-12-23(3)25-15-17-28(29(18-25)24(4)13-2)30-19-26-14-16-27(20-32(26)42-33(30)39)43-44-37(11)38-22-41-34(40)31(36(8,9)10)21-35(5,6)7/h14-20,23-24,31,38H,12-13,21-22H2,1-11H3. The topological polar surface area (TPSA) is 87.0 Å². The Morgan fingerprint density at radius 1 is 0.932 bits per heavy atom. The molecule has 0 saturated carbocycles. The smallest absolute Gasteiger partial charge is 0.435 e. The molecule has 0 radical (unpaired) electrons. The molecule has 3 aromatic rings. The first-order valence-corrected chi connectivity index (χ1v) is 16.0. The number of carbonyl (C=O) groups is 1. The van der Waals surface area contributed by atoms with E-state index in [4.69, 9.17) is 18.8 Å². The predicted octanol–water partition coefficient (Wildman–Crippen LogP) is 9.10. The average molecular weight is 606 g/mol. The lowest BCUT2D eigenvalue weighted by Crippen LogP contribution is -2.40. The fraction of sp³-hybridized carbons (Fsp3) is 0.556. The summed E-state index contributed by atoms with van der Waals surface area (Å²) in [6, 6.07) is 13.6. The highest BCUT2D eigenvalue weighted by Gasteiger charge is 2.36. The van der Waals surface area contributed by atoms with E-state index in [0.717, 1.165) is 30.2 Å². The molecule has 8 heteroatoms. The first kappa shape index (κ1) is 35.4. The fourth-order valence-electron chi connectivity index (χ4n) is 5.18. The minimum Gasteiger partial charge on any atom is -0.450 e. The molecule has 0 bridgehead atoms. The molecule has 3 rings (SSSR count). The van der Waals surface area contributed by atoms with Gasteiger partial charge >= 0.3 is 18.6 Å². The predicted molar refractivity (Wildman–Crippen MR) is 180 cm³/mol. The van der Waals surface area contributed by atoms with E-state index < -0.39 is 12.7 Å². The van der Waals surface area contributed by atoms with Crippen LogP contribution < -0.4 is 15.7 Å². The highest BCUT2D eigenvalue weighted by atomic mass is 17.2. The summed E-state index contributed by atoms with van der Waals surface area (Å²) in [6.45, 7) is 23.0. The van der Waals surface area contributed by atoms with Crippen LogP contribution in [0.2, 0.25) is 6.82 Å². The van der Waals surface area contributed by atoms with Crippen LogP contribution >= 0.6 is 0 Å². The quantitative estimate of drug-likeness (QED) is 0.0519. The summed E-state index contributed by atoms with van der Waals surface area (Å²) >= 11 is 0. The van der Waals surface area contributed by atoms with Crippen molar-refractivity contribution in [2.24, 2.45) is 16.7 Å². The molecule has 7 nitrogen and oxygen atoms in total. The van der Waals surface area contributed by atoms with Crippen molar-refractivity contribution in [1.29, 1.82) is 0 Å². The van der Waals surface area contributed by atoms with E-state index >= 15 is 0 Å². The highest BCUT2D eigenvalue weighted by molar-refractivity contribution is 6.46. The van der Waals surface area contributed by atoms with E-state index in [-0.39, 0.29) is 29.4 Å². The zero-order valence-corrected chi connectivity index (χ0v) is 28.6. The number of hydrogen-bond donors (Lipinski definition) is 1. The molecular formula is C36H52BNO6. The number of hydrogen-bond acceptors (Lipinski definition) is 7. The molecule has 0 spiro atoms. The molecule has 3 unspecified atom stereocenters. The number of nitrogens with one attached hydrogen (secondary N) is 1. The van der Waals surface area contributed by atoms with Gasteiger partial charge in [-0.05, 0) is 83.6 Å². The van der Waals surface area contributed by atoms with Crippen molar-refractivity contribution in [2.45, 2.75) is 107 Å². The van der Waals surface area contributed by atoms with Crippen LogP contribution in [0.1, 0.15) is 111 Å². The first-order chi connectivity index (χ1) is 20.5. The third kappa shape index (κ3) is 9.45. The van der Waals surface area contributed by atoms with Crippen molar-refractivity contribution in [3.63, 3.8) is 0 Å². The maximum Gasteiger partial charge on any atom is 0.435 e. The number of ether oxygens (including phenoxy) is 1. The summed E-state index contributed by atoms with van der Waals surface area (Å²) in [5.41, 5.74) is 3.72. The summed E-state index contributed by atoms with van der Waals surface area (Å²) in [5, 5.41) is 3.78. The van der Waals surface area contributed by atoms with Gasteiger partial charge in [-0.2, -0.15) is 0 Å². The lowest BCUT2D eigenvalue weighted by molar-refractivity contribution is -0.154. The second-order valence-corrected chi connectivity index (χ2v) is 14.4. The Bertz CT molecular complexity index is 1470. The summed E-state index contributed by atoms with van der Waals surface area (Å²) in [7, 11) is -0.569. The number of benzene rings is 2. The van der Waals surface area contributed by atoms with Gasteiger partial charge < -0.3 is 14.0 Å². The third-order valence-corrected chi connectivity index (χ3v) is 8.42. The summed E-state index contributed by atoms with van der Waals surface area (Å²) in [5.74, 6) is 0.678. The molecule has 3 atom stereocenters. The molecule has 2 aromatic carbocycles. The molecule has 0 aliphatic rings. The Balaban J connectivity index is 1.68. The van der Waals surface area contributed by atoms with Gasteiger partial charge in [0.1, 0.15) is 12.3 Å². The molecular weight excluding hydrogens is 553 g/mol. The van der Waals surface area contributed by atoms with E-state index in [1.807, 2.05) is 12.1 Å². The minimum absolute atomic E-state index is 0.00442. The van der Waals surface area contributed by atoms with Crippen molar-refractivity contribution in [2.75, 3.05) is 6.73 Å². The van der Waals surface area contributed by atoms with Gasteiger partial charge in [0.05, 0.1) is 11.5 Å². The largest absolute Gasteiger partial charge is 0.450 e. The Morgan fingerprint density at radius 3 is 2.23 bits per heavy atom. The van der Waals surface area contributed by atoms with E-state index in [1.165, 1.54) is 11.1 Å². The van der Waals surface area contributed by atoms with Gasteiger partial charge in [-0.3, -0.25) is 10.0 Å². The third-order valence-electron chi connectivity index (χ3n) is 8.42. The van der Waals surface area contributed by atoms with Crippen LogP contribution in [0.15, 0.2) is 51.7 Å². The van der Waals surface area contributed by atoms with Gasteiger partial charge in [0, 0.05) is 11.5 Å². The molecule has 0 amide bonds. The van der Waals surface area contributed by atoms with Gasteiger partial charge in [0.2, 0.25) is 0 Å². The Labute approximate surface area is 264 Å². The summed E-state index contributed by atoms with van der Waals surface area (Å²) in [6.07, 6.45) is 2.76. The van der Waals surface area contributed by atoms with E-state index in [0.29, 0.717) is 28.7 Å². The molecule has 0 aliphatic heterocycles. The van der Waals surface area contributed by atoms with Crippen LogP contribution in [0, 0.1) is 16.7 Å². The maximum absolute atomic E-state index is 13.2. The van der Waals surface area contributed by atoms with Crippen molar-refractivity contribution in [1.82, 2.24) is 5.23 Å². The Kier molecular flexibility index (Phi) is 11.9. The number of carbonyl (C=O) groups excluding carboxylic acids is 1. The minimum atomic E-state index is -0.569. The molecule has 240 valence electrons. The van der Waals surface area contributed by atoms with Gasteiger partial charge in [0.15, 0.2) is 5.75 Å². The molecule has 0 fully saturated rings. The normalized spacial score (nSPS) is 14.2. The zero-order valence-electron chi connectivity index (χ0n) is 28.6. The van der Waals surface area contributed by atoms with Crippen molar-refractivity contribution >= 4 is 24.0 Å². The van der Waals surface area contributed by atoms with Crippen LogP contribution in [0.5, 0.6) is 5.75 Å². The van der Waals surface area contributed by atoms with Crippen molar-refractivity contribution in [3.8, 4) is 16.9 Å². The monoisotopic (exact) mass is 605 g/mol. The average Bonchev–Trinajstić information content (AvgIpc) is 2.96. The van der Waals surface area contributed by atoms with Crippen molar-refractivity contribution < 1.29 is 23.6 Å². The van der Waals surface area contributed by atoms with Gasteiger partial charge in [0.25, 0.3) is 0 Å². The Hall–Kier alpha value is -3.10. The van der Waals surface area contributed by atoms with Crippen LogP contribution in [0.4, 0.5) is 0 Å². The Morgan fingerprint density at radius 2 is 1.61 bits per heavy atom. The molecule has 1 aromatic heterocycles. The van der Waals surface area contributed by atoms with Gasteiger partial charge in [-0.25, -0.2) is 9.60 Å². The number of fused-ring (bicyclic) bond motifs is 1. The summed E-state index contributed by atoms with van der Waals surface area (Å²) in [4.78, 5) is 37.0. The molecule has 44 heavy (non-hydrogen) atoms. The molecule has 1 N–H and O–H groups in total. The zero-order chi connectivity index (χ0) is 32.8. The second-order valence-electron chi connectivity index (χ2n) is 14.4. The van der Waals surface area contributed by atoms with E-state index in [1.54, 1.807) is 19.0 Å². The van der Waals surface area contributed by atoms with E-state index in [2.05, 4.69) is 92.7 Å². The number of rotatable bonds is 13. The maximum atomic E-state index is 13.2. The van der Waals surface area contributed by atoms with Crippen LogP contribution in [0.3, 0.4) is 0 Å². The van der Waals surface area contributed by atoms with Gasteiger partial charge in [-0.1, -0.05) is 87.4 Å². The lowest BCUT2D eigenvalue weighted by Gasteiger charge is -2.33. The van der Waals surface area contributed by atoms with Gasteiger partial charge in [-0.15, -0.1) is 0 Å². The van der Waals surface area contributed by atoms with Crippen LogP contribution in [0.25, 0.3) is 22.1 Å². The van der Waals surface area contributed by atoms with Crippen molar-refractivity contribution in [3.05, 3.63) is 64.0 Å². The van der Waals surface area contributed by atoms with Crippen LogP contribution in [-0.4, -0.2) is 19.8 Å². The highest BCUT2D eigenvalue weighted by Crippen LogP contribution is 2.37.